The molecule has 0 aromatic carbocycles. The standard InChI is InChI=1S/C20H38O4/c1-3-5-6-7-8-9-10-11-12-17-20(23)24-18(14-4-2)15-13-16-19(21)22/h18H,3-17H2,1-2H3,(H,21,22). The predicted octanol–water partition coefficient (Wildman–Crippen LogP) is 5.87. The maximum Gasteiger partial charge on any atom is 0.306 e. The molecule has 1 atom stereocenters. The van der Waals surface area contributed by atoms with Crippen LogP contribution in [0.25, 0.3) is 0 Å². The molecule has 0 aromatic heterocycles. The zero-order chi connectivity index (χ0) is 18.0. The lowest BCUT2D eigenvalue weighted by molar-refractivity contribution is -0.150. The van der Waals surface area contributed by atoms with E-state index in [9.17, 15) is 9.59 Å². The number of carboxylic acids is 1. The van der Waals surface area contributed by atoms with Gasteiger partial charge < -0.3 is 9.84 Å². The highest BCUT2D eigenvalue weighted by Gasteiger charge is 2.14. The first-order valence-corrected chi connectivity index (χ1v) is 10.0. The molecule has 24 heavy (non-hydrogen) atoms. The molecule has 0 aliphatic heterocycles. The van der Waals surface area contributed by atoms with Gasteiger partial charge in [-0.2, -0.15) is 0 Å². The lowest BCUT2D eigenvalue weighted by atomic mass is 10.1. The molecule has 0 bridgehead atoms. The van der Waals surface area contributed by atoms with E-state index < -0.39 is 5.97 Å². The highest BCUT2D eigenvalue weighted by Crippen LogP contribution is 2.14. The summed E-state index contributed by atoms with van der Waals surface area (Å²) in [7, 11) is 0. The van der Waals surface area contributed by atoms with E-state index in [0.29, 0.717) is 19.3 Å². The molecule has 1 N–H and O–H groups in total. The van der Waals surface area contributed by atoms with Crippen molar-refractivity contribution >= 4 is 11.9 Å². The summed E-state index contributed by atoms with van der Waals surface area (Å²) >= 11 is 0. The third kappa shape index (κ3) is 15.8. The minimum Gasteiger partial charge on any atom is -0.481 e. The number of hydrogen-bond donors (Lipinski definition) is 1. The Morgan fingerprint density at radius 1 is 0.750 bits per heavy atom. The molecule has 1 unspecified atom stereocenters. The molecular formula is C20H38O4. The van der Waals surface area contributed by atoms with Gasteiger partial charge in [-0.15, -0.1) is 0 Å². The van der Waals surface area contributed by atoms with Gasteiger partial charge in [-0.3, -0.25) is 9.59 Å². The second kappa shape index (κ2) is 16.8. The highest BCUT2D eigenvalue weighted by molar-refractivity contribution is 5.69. The van der Waals surface area contributed by atoms with Gasteiger partial charge in [0.05, 0.1) is 0 Å². The summed E-state index contributed by atoms with van der Waals surface area (Å²) in [5, 5.41) is 8.68. The zero-order valence-electron chi connectivity index (χ0n) is 15.9. The molecule has 142 valence electrons. The number of ether oxygens (including phenoxy) is 1. The highest BCUT2D eigenvalue weighted by atomic mass is 16.5. The van der Waals surface area contributed by atoms with Crippen LogP contribution in [-0.4, -0.2) is 23.1 Å². The second-order valence-electron chi connectivity index (χ2n) is 6.76. The Morgan fingerprint density at radius 3 is 1.88 bits per heavy atom. The molecule has 0 aromatic rings. The first-order valence-electron chi connectivity index (χ1n) is 10.0. The molecule has 0 amide bonds. The molecular weight excluding hydrogens is 304 g/mol. The molecule has 0 spiro atoms. The van der Waals surface area contributed by atoms with Gasteiger partial charge in [0.1, 0.15) is 6.10 Å². The molecule has 0 rings (SSSR count). The van der Waals surface area contributed by atoms with Crippen molar-refractivity contribution in [3.05, 3.63) is 0 Å². The first kappa shape index (κ1) is 22.9. The molecule has 4 heteroatoms. The number of rotatable bonds is 17. The fraction of sp³-hybridized carbons (Fsp3) is 0.900. The maximum atomic E-state index is 11.9. The van der Waals surface area contributed by atoms with Crippen molar-refractivity contribution in [2.24, 2.45) is 0 Å². The van der Waals surface area contributed by atoms with Crippen LogP contribution in [0.4, 0.5) is 0 Å². The summed E-state index contributed by atoms with van der Waals surface area (Å²) in [6, 6.07) is 0. The van der Waals surface area contributed by atoms with Crippen LogP contribution in [0.15, 0.2) is 0 Å². The van der Waals surface area contributed by atoms with Crippen molar-refractivity contribution in [2.75, 3.05) is 0 Å². The van der Waals surface area contributed by atoms with Crippen molar-refractivity contribution < 1.29 is 19.4 Å². The SMILES string of the molecule is CCCCCCCCCCCC(=O)OC(CCC)CCCC(=O)O. The van der Waals surface area contributed by atoms with Gasteiger partial charge in [0.15, 0.2) is 0 Å². The molecule has 0 aliphatic rings. The molecule has 0 aliphatic carbocycles. The average molecular weight is 343 g/mol. The number of carbonyl (C=O) groups excluding carboxylic acids is 1. The van der Waals surface area contributed by atoms with Crippen LogP contribution in [0.3, 0.4) is 0 Å². The van der Waals surface area contributed by atoms with E-state index in [0.717, 1.165) is 25.7 Å². The summed E-state index contributed by atoms with van der Waals surface area (Å²) in [4.78, 5) is 22.4. The topological polar surface area (TPSA) is 63.6 Å². The van der Waals surface area contributed by atoms with E-state index >= 15 is 0 Å². The molecule has 0 radical (unpaired) electrons. The number of aliphatic carboxylic acids is 1. The minimum absolute atomic E-state index is 0.111. The van der Waals surface area contributed by atoms with Gasteiger partial charge in [-0.05, 0) is 25.7 Å². The van der Waals surface area contributed by atoms with E-state index in [2.05, 4.69) is 13.8 Å². The largest absolute Gasteiger partial charge is 0.481 e. The Balaban J connectivity index is 3.63. The van der Waals surface area contributed by atoms with E-state index in [-0.39, 0.29) is 18.5 Å². The van der Waals surface area contributed by atoms with Gasteiger partial charge in [0.25, 0.3) is 0 Å². The van der Waals surface area contributed by atoms with Gasteiger partial charge in [0, 0.05) is 12.8 Å². The third-order valence-corrected chi connectivity index (χ3v) is 4.31. The summed E-state index contributed by atoms with van der Waals surface area (Å²) in [5.74, 6) is -0.905. The van der Waals surface area contributed by atoms with Crippen LogP contribution in [0.5, 0.6) is 0 Å². The van der Waals surface area contributed by atoms with Crippen LogP contribution >= 0.6 is 0 Å². The molecule has 0 heterocycles. The van der Waals surface area contributed by atoms with Crippen molar-refractivity contribution in [2.45, 2.75) is 116 Å². The maximum absolute atomic E-state index is 11.9. The fourth-order valence-corrected chi connectivity index (χ4v) is 2.89. The number of carboxylic acid groups (broad SMARTS) is 1. The van der Waals surface area contributed by atoms with Crippen molar-refractivity contribution in [1.82, 2.24) is 0 Å². The van der Waals surface area contributed by atoms with Gasteiger partial charge >= 0.3 is 11.9 Å². The Bertz CT molecular complexity index is 315. The monoisotopic (exact) mass is 342 g/mol. The molecule has 0 saturated heterocycles. The molecule has 0 saturated carbocycles. The third-order valence-electron chi connectivity index (χ3n) is 4.31. The van der Waals surface area contributed by atoms with Gasteiger partial charge in [0.2, 0.25) is 0 Å². The van der Waals surface area contributed by atoms with E-state index in [4.69, 9.17) is 9.84 Å². The lowest BCUT2D eigenvalue weighted by Gasteiger charge is -2.17. The van der Waals surface area contributed by atoms with E-state index in [1.165, 1.54) is 44.9 Å². The smallest absolute Gasteiger partial charge is 0.306 e. The lowest BCUT2D eigenvalue weighted by Crippen LogP contribution is -2.18. The zero-order valence-corrected chi connectivity index (χ0v) is 15.9. The minimum atomic E-state index is -0.786. The van der Waals surface area contributed by atoms with Crippen LogP contribution in [-0.2, 0) is 14.3 Å². The van der Waals surface area contributed by atoms with Gasteiger partial charge in [-0.1, -0.05) is 71.6 Å². The van der Waals surface area contributed by atoms with Crippen molar-refractivity contribution in [3.63, 3.8) is 0 Å². The van der Waals surface area contributed by atoms with Gasteiger partial charge in [-0.25, -0.2) is 0 Å². The van der Waals surface area contributed by atoms with E-state index in [1.807, 2.05) is 0 Å². The predicted molar refractivity (Wildman–Crippen MR) is 98.1 cm³/mol. The van der Waals surface area contributed by atoms with Crippen molar-refractivity contribution in [1.29, 1.82) is 0 Å². The molecule has 4 nitrogen and oxygen atoms in total. The fourth-order valence-electron chi connectivity index (χ4n) is 2.89. The summed E-state index contributed by atoms with van der Waals surface area (Å²) in [6.07, 6.45) is 14.6. The normalized spacial score (nSPS) is 12.1. The van der Waals surface area contributed by atoms with E-state index in [1.54, 1.807) is 0 Å². The summed E-state index contributed by atoms with van der Waals surface area (Å²) in [6.45, 7) is 4.29. The Labute approximate surface area is 148 Å². The Kier molecular flexibility index (Phi) is 16.0. The van der Waals surface area contributed by atoms with Crippen molar-refractivity contribution in [3.8, 4) is 0 Å². The number of unbranched alkanes of at least 4 members (excludes halogenated alkanes) is 8. The first-order chi connectivity index (χ1) is 11.6. The molecule has 0 fully saturated rings. The summed E-state index contributed by atoms with van der Waals surface area (Å²) in [5.41, 5.74) is 0. The Morgan fingerprint density at radius 2 is 1.33 bits per heavy atom. The van der Waals surface area contributed by atoms with Crippen LogP contribution in [0.2, 0.25) is 0 Å². The van der Waals surface area contributed by atoms with Crippen LogP contribution < -0.4 is 0 Å². The average Bonchev–Trinajstić information content (AvgIpc) is 2.53. The Hall–Kier alpha value is -1.06. The number of hydrogen-bond acceptors (Lipinski definition) is 3. The van der Waals surface area contributed by atoms with Crippen LogP contribution in [0, 0.1) is 0 Å². The number of carbonyl (C=O) groups is 2. The quantitative estimate of drug-likeness (QED) is 0.265. The number of esters is 1. The second-order valence-corrected chi connectivity index (χ2v) is 6.76. The summed E-state index contributed by atoms with van der Waals surface area (Å²) < 4.78 is 5.51. The van der Waals surface area contributed by atoms with Crippen LogP contribution in [0.1, 0.15) is 110 Å².